The monoisotopic (exact) mass is 335 g/mol. The molecule has 0 radical (unpaired) electrons. The first-order valence-corrected chi connectivity index (χ1v) is 8.68. The first-order chi connectivity index (χ1) is 12.3. The number of benzene rings is 1. The number of hydrogen-bond acceptors (Lipinski definition) is 6. The lowest BCUT2D eigenvalue weighted by Gasteiger charge is -2.30. The number of methoxy groups -OCH3 is 1. The summed E-state index contributed by atoms with van der Waals surface area (Å²) in [5.41, 5.74) is 1.77. The molecule has 0 amide bonds. The van der Waals surface area contributed by atoms with Crippen LogP contribution in [0.5, 0.6) is 5.88 Å². The van der Waals surface area contributed by atoms with E-state index in [4.69, 9.17) is 4.74 Å². The number of para-hydroxylation sites is 1. The first kappa shape index (κ1) is 15.7. The van der Waals surface area contributed by atoms with Crippen molar-refractivity contribution in [1.82, 2.24) is 9.97 Å². The van der Waals surface area contributed by atoms with E-state index >= 15 is 0 Å². The molecule has 4 rings (SSSR count). The van der Waals surface area contributed by atoms with Gasteiger partial charge in [-0.3, -0.25) is 0 Å². The van der Waals surface area contributed by atoms with Crippen LogP contribution in [0.3, 0.4) is 0 Å². The normalized spacial score (nSPS) is 19.5. The van der Waals surface area contributed by atoms with Crippen LogP contribution in [0.15, 0.2) is 36.7 Å². The van der Waals surface area contributed by atoms with Gasteiger partial charge in [0.15, 0.2) is 0 Å². The Balaban J connectivity index is 1.57. The van der Waals surface area contributed by atoms with E-state index in [1.54, 1.807) is 13.4 Å². The van der Waals surface area contributed by atoms with Crippen molar-refractivity contribution in [3.8, 4) is 11.9 Å². The molecule has 1 aromatic carbocycles. The fourth-order valence-corrected chi connectivity index (χ4v) is 3.64. The second-order valence-electron chi connectivity index (χ2n) is 6.57. The van der Waals surface area contributed by atoms with E-state index in [0.29, 0.717) is 18.0 Å². The van der Waals surface area contributed by atoms with E-state index in [2.05, 4.69) is 25.8 Å². The Labute approximate surface area is 147 Å². The largest absolute Gasteiger partial charge is 0.481 e. The highest BCUT2D eigenvalue weighted by molar-refractivity contribution is 5.60. The van der Waals surface area contributed by atoms with Crippen molar-refractivity contribution in [2.45, 2.75) is 31.3 Å². The lowest BCUT2D eigenvalue weighted by molar-refractivity contribution is 0.396. The van der Waals surface area contributed by atoms with Gasteiger partial charge in [-0.2, -0.15) is 5.26 Å². The van der Waals surface area contributed by atoms with Gasteiger partial charge in [0, 0.05) is 31.2 Å². The van der Waals surface area contributed by atoms with Crippen LogP contribution >= 0.6 is 0 Å². The smallest absolute Gasteiger partial charge is 0.218 e. The quantitative estimate of drug-likeness (QED) is 0.837. The molecule has 128 valence electrons. The first-order valence-electron chi connectivity index (χ1n) is 8.68. The van der Waals surface area contributed by atoms with Crippen LogP contribution in [0.1, 0.15) is 24.8 Å². The average molecular weight is 335 g/mol. The van der Waals surface area contributed by atoms with E-state index in [9.17, 15) is 5.26 Å². The lowest BCUT2D eigenvalue weighted by atomic mass is 10.2. The highest BCUT2D eigenvalue weighted by Gasteiger charge is 2.38. The molecule has 2 fully saturated rings. The summed E-state index contributed by atoms with van der Waals surface area (Å²) in [7, 11) is 1.63. The summed E-state index contributed by atoms with van der Waals surface area (Å²) >= 11 is 0. The van der Waals surface area contributed by atoms with Gasteiger partial charge in [0.2, 0.25) is 5.88 Å². The van der Waals surface area contributed by atoms with Crippen molar-refractivity contribution < 1.29 is 4.74 Å². The molecule has 2 aromatic rings. The molecule has 1 saturated carbocycles. The van der Waals surface area contributed by atoms with Crippen molar-refractivity contribution in [3.05, 3.63) is 42.2 Å². The van der Waals surface area contributed by atoms with Crippen molar-refractivity contribution in [1.29, 1.82) is 5.26 Å². The summed E-state index contributed by atoms with van der Waals surface area (Å²) in [6.07, 6.45) is 5.04. The van der Waals surface area contributed by atoms with Crippen LogP contribution in [0, 0.1) is 11.3 Å². The molecule has 2 heterocycles. The predicted molar refractivity (Wildman–Crippen MR) is 95.9 cm³/mol. The van der Waals surface area contributed by atoms with Crippen LogP contribution in [0.25, 0.3) is 0 Å². The maximum Gasteiger partial charge on any atom is 0.218 e. The third kappa shape index (κ3) is 3.10. The highest BCUT2D eigenvalue weighted by atomic mass is 16.5. The summed E-state index contributed by atoms with van der Waals surface area (Å²) in [6.45, 7) is 1.86. The Morgan fingerprint density at radius 3 is 2.80 bits per heavy atom. The van der Waals surface area contributed by atoms with Crippen LogP contribution in [-0.2, 0) is 0 Å². The van der Waals surface area contributed by atoms with Crippen molar-refractivity contribution >= 4 is 11.5 Å². The molecule has 1 unspecified atom stereocenters. The molecule has 25 heavy (non-hydrogen) atoms. The van der Waals surface area contributed by atoms with Crippen LogP contribution in [0.4, 0.5) is 11.5 Å². The Hall–Kier alpha value is -2.81. The molecular formula is C19H21N5O. The minimum Gasteiger partial charge on any atom is -0.481 e. The van der Waals surface area contributed by atoms with Gasteiger partial charge in [0.1, 0.15) is 18.2 Å². The zero-order valence-electron chi connectivity index (χ0n) is 14.3. The highest BCUT2D eigenvalue weighted by Crippen LogP contribution is 2.36. The number of ether oxygens (including phenoxy) is 1. The second kappa shape index (κ2) is 6.60. The third-order valence-corrected chi connectivity index (χ3v) is 4.96. The minimum atomic E-state index is 0.388. The van der Waals surface area contributed by atoms with E-state index in [1.807, 2.05) is 30.3 Å². The molecule has 0 N–H and O–H groups in total. The maximum absolute atomic E-state index is 9.37. The van der Waals surface area contributed by atoms with Gasteiger partial charge in [0.25, 0.3) is 0 Å². The predicted octanol–water partition coefficient (Wildman–Crippen LogP) is 2.60. The van der Waals surface area contributed by atoms with E-state index < -0.39 is 0 Å². The summed E-state index contributed by atoms with van der Waals surface area (Å²) in [5.74, 6) is 1.54. The number of nitriles is 1. The van der Waals surface area contributed by atoms with Gasteiger partial charge < -0.3 is 14.5 Å². The summed E-state index contributed by atoms with van der Waals surface area (Å²) in [5, 5.41) is 9.37. The Morgan fingerprint density at radius 2 is 2.04 bits per heavy atom. The SMILES string of the molecule is COc1cc(N(C2CC2)C2CCN(c3ccccc3C#N)C2)ncn1. The van der Waals surface area contributed by atoms with E-state index in [-0.39, 0.29) is 0 Å². The van der Waals surface area contributed by atoms with Crippen LogP contribution < -0.4 is 14.5 Å². The standard InChI is InChI=1S/C19H21N5O/c1-25-19-10-18(21-13-22-19)24(15-6-7-15)16-8-9-23(12-16)17-5-3-2-4-14(17)11-20/h2-5,10,13,15-16H,6-9,12H2,1H3. The number of nitrogens with zero attached hydrogens (tertiary/aromatic N) is 5. The van der Waals surface area contributed by atoms with Gasteiger partial charge in [-0.25, -0.2) is 9.97 Å². The zero-order valence-corrected chi connectivity index (χ0v) is 14.3. The van der Waals surface area contributed by atoms with Gasteiger partial charge in [-0.15, -0.1) is 0 Å². The fraction of sp³-hybridized carbons (Fsp3) is 0.421. The Morgan fingerprint density at radius 1 is 1.20 bits per heavy atom. The molecule has 1 aromatic heterocycles. The fourth-order valence-electron chi connectivity index (χ4n) is 3.64. The Bertz CT molecular complexity index is 798. The van der Waals surface area contributed by atoms with Crippen molar-refractivity contribution in [2.75, 3.05) is 30.0 Å². The average Bonchev–Trinajstić information content (AvgIpc) is 3.38. The summed E-state index contributed by atoms with van der Waals surface area (Å²) < 4.78 is 5.26. The molecule has 0 bridgehead atoms. The number of anilines is 2. The summed E-state index contributed by atoms with van der Waals surface area (Å²) in [6, 6.07) is 13.0. The van der Waals surface area contributed by atoms with Crippen LogP contribution in [0.2, 0.25) is 0 Å². The van der Waals surface area contributed by atoms with Gasteiger partial charge >= 0.3 is 0 Å². The topological polar surface area (TPSA) is 65.3 Å². The van der Waals surface area contributed by atoms with Crippen molar-refractivity contribution in [2.24, 2.45) is 0 Å². The number of aromatic nitrogens is 2. The molecule has 2 aliphatic rings. The van der Waals surface area contributed by atoms with Gasteiger partial charge in [-0.1, -0.05) is 12.1 Å². The zero-order chi connectivity index (χ0) is 17.2. The van der Waals surface area contributed by atoms with Crippen LogP contribution in [-0.4, -0.2) is 42.3 Å². The van der Waals surface area contributed by atoms with Gasteiger partial charge in [0.05, 0.1) is 18.4 Å². The minimum absolute atomic E-state index is 0.388. The molecule has 0 spiro atoms. The summed E-state index contributed by atoms with van der Waals surface area (Å²) in [4.78, 5) is 13.4. The number of hydrogen-bond donors (Lipinski definition) is 0. The van der Waals surface area contributed by atoms with E-state index in [1.165, 1.54) is 12.8 Å². The number of rotatable bonds is 5. The molecule has 1 aliphatic heterocycles. The molecule has 6 heteroatoms. The molecule has 1 atom stereocenters. The molecule has 1 saturated heterocycles. The molecular weight excluding hydrogens is 314 g/mol. The van der Waals surface area contributed by atoms with Gasteiger partial charge in [-0.05, 0) is 31.4 Å². The second-order valence-corrected chi connectivity index (χ2v) is 6.57. The maximum atomic E-state index is 9.37. The van der Waals surface area contributed by atoms with Crippen molar-refractivity contribution in [3.63, 3.8) is 0 Å². The molecule has 1 aliphatic carbocycles. The van der Waals surface area contributed by atoms with E-state index in [0.717, 1.165) is 36.6 Å². The third-order valence-electron chi connectivity index (χ3n) is 4.96. The lowest BCUT2D eigenvalue weighted by Crippen LogP contribution is -2.40. The molecule has 6 nitrogen and oxygen atoms in total. The Kier molecular flexibility index (Phi) is 4.14.